The monoisotopic (exact) mass is 249 g/mol. The maximum absolute atomic E-state index is 11.6. The van der Waals surface area contributed by atoms with Crippen LogP contribution in [0.15, 0.2) is 18.2 Å². The number of carboxylic acid groups (broad SMARTS) is 1. The molecule has 1 rings (SSSR count). The van der Waals surface area contributed by atoms with Gasteiger partial charge in [0.2, 0.25) is 0 Å². The molecule has 0 aromatic heterocycles. The van der Waals surface area contributed by atoms with Gasteiger partial charge in [-0.15, -0.1) is 0 Å². The molecule has 0 fully saturated rings. The lowest BCUT2D eigenvalue weighted by molar-refractivity contribution is -0.151. The van der Waals surface area contributed by atoms with Gasteiger partial charge < -0.3 is 10.8 Å². The molecule has 0 saturated carbocycles. The van der Waals surface area contributed by atoms with Crippen LogP contribution in [0, 0.1) is 25.2 Å². The minimum absolute atomic E-state index is 0.000920. The fourth-order valence-corrected chi connectivity index (χ4v) is 2.37. The Balaban J connectivity index is 3.23. The standard InChI is InChI=1S/C15H23NO2/c1-10(2)15(9-16,14(17)18)8-13-11(3)6-5-7-12(13)4/h5-7,10H,8-9,16H2,1-4H3,(H,17,18). The fraction of sp³-hybridized carbons (Fsp3) is 0.533. The second-order valence-corrected chi connectivity index (χ2v) is 5.37. The van der Waals surface area contributed by atoms with Crippen LogP contribution >= 0.6 is 0 Å². The van der Waals surface area contributed by atoms with E-state index in [0.29, 0.717) is 6.42 Å². The molecule has 1 atom stereocenters. The second-order valence-electron chi connectivity index (χ2n) is 5.37. The first-order chi connectivity index (χ1) is 8.35. The van der Waals surface area contributed by atoms with Crippen LogP contribution < -0.4 is 5.73 Å². The second kappa shape index (κ2) is 5.53. The van der Waals surface area contributed by atoms with Crippen molar-refractivity contribution in [1.82, 2.24) is 0 Å². The van der Waals surface area contributed by atoms with Crippen molar-refractivity contribution in [3.63, 3.8) is 0 Å². The molecular weight excluding hydrogens is 226 g/mol. The van der Waals surface area contributed by atoms with Gasteiger partial charge in [0.15, 0.2) is 0 Å². The van der Waals surface area contributed by atoms with Crippen LogP contribution in [0.1, 0.15) is 30.5 Å². The van der Waals surface area contributed by atoms with E-state index in [9.17, 15) is 9.90 Å². The number of carboxylic acids is 1. The molecule has 0 saturated heterocycles. The van der Waals surface area contributed by atoms with E-state index < -0.39 is 11.4 Å². The Labute approximate surface area is 109 Å². The average molecular weight is 249 g/mol. The Kier molecular flexibility index (Phi) is 4.52. The van der Waals surface area contributed by atoms with Gasteiger partial charge in [-0.2, -0.15) is 0 Å². The third-order valence-corrected chi connectivity index (χ3v) is 4.03. The minimum Gasteiger partial charge on any atom is -0.481 e. The van der Waals surface area contributed by atoms with Gasteiger partial charge in [0.05, 0.1) is 5.41 Å². The van der Waals surface area contributed by atoms with Crippen molar-refractivity contribution < 1.29 is 9.90 Å². The Morgan fingerprint density at radius 2 is 1.83 bits per heavy atom. The molecule has 0 aliphatic heterocycles. The minimum atomic E-state index is -0.878. The number of hydrogen-bond donors (Lipinski definition) is 2. The summed E-state index contributed by atoms with van der Waals surface area (Å²) in [5, 5.41) is 9.56. The lowest BCUT2D eigenvalue weighted by Crippen LogP contribution is -2.45. The van der Waals surface area contributed by atoms with E-state index in [1.54, 1.807) is 0 Å². The van der Waals surface area contributed by atoms with E-state index in [4.69, 9.17) is 5.73 Å². The van der Waals surface area contributed by atoms with Crippen molar-refractivity contribution in [3.8, 4) is 0 Å². The molecule has 0 bridgehead atoms. The van der Waals surface area contributed by atoms with E-state index in [0.717, 1.165) is 16.7 Å². The summed E-state index contributed by atoms with van der Waals surface area (Å²) >= 11 is 0. The van der Waals surface area contributed by atoms with Crippen molar-refractivity contribution in [2.75, 3.05) is 6.54 Å². The van der Waals surface area contributed by atoms with Gasteiger partial charge >= 0.3 is 5.97 Å². The largest absolute Gasteiger partial charge is 0.481 e. The first-order valence-corrected chi connectivity index (χ1v) is 6.33. The van der Waals surface area contributed by atoms with E-state index in [1.807, 2.05) is 45.9 Å². The lowest BCUT2D eigenvalue weighted by atomic mass is 9.71. The zero-order chi connectivity index (χ0) is 13.9. The van der Waals surface area contributed by atoms with Gasteiger partial charge in [-0.1, -0.05) is 32.0 Å². The summed E-state index contributed by atoms with van der Waals surface area (Å²) in [5.74, 6) is -0.804. The first kappa shape index (κ1) is 14.7. The van der Waals surface area contributed by atoms with E-state index >= 15 is 0 Å². The predicted octanol–water partition coefficient (Wildman–Crippen LogP) is 2.53. The molecule has 3 N–H and O–H groups in total. The first-order valence-electron chi connectivity index (χ1n) is 6.33. The molecule has 0 aliphatic carbocycles. The number of aryl methyl sites for hydroxylation is 2. The summed E-state index contributed by atoms with van der Waals surface area (Å²) in [6, 6.07) is 6.03. The number of rotatable bonds is 5. The van der Waals surface area contributed by atoms with Gasteiger partial charge in [0, 0.05) is 6.54 Å². The van der Waals surface area contributed by atoms with Crippen LogP contribution in [-0.2, 0) is 11.2 Å². The van der Waals surface area contributed by atoms with Crippen LogP contribution in [0.4, 0.5) is 0 Å². The summed E-state index contributed by atoms with van der Waals surface area (Å²) in [5.41, 5.74) is 8.28. The number of carbonyl (C=O) groups is 1. The van der Waals surface area contributed by atoms with Crippen molar-refractivity contribution in [1.29, 1.82) is 0 Å². The van der Waals surface area contributed by atoms with Crippen LogP contribution in [0.2, 0.25) is 0 Å². The van der Waals surface area contributed by atoms with Gasteiger partial charge in [0.1, 0.15) is 0 Å². The van der Waals surface area contributed by atoms with Crippen molar-refractivity contribution in [3.05, 3.63) is 34.9 Å². The molecule has 1 aromatic rings. The van der Waals surface area contributed by atoms with Crippen LogP contribution in [0.25, 0.3) is 0 Å². The van der Waals surface area contributed by atoms with Crippen LogP contribution in [-0.4, -0.2) is 17.6 Å². The van der Waals surface area contributed by atoms with Gasteiger partial charge in [-0.3, -0.25) is 4.79 Å². The zero-order valence-electron chi connectivity index (χ0n) is 11.7. The summed E-state index contributed by atoms with van der Waals surface area (Å²) in [7, 11) is 0. The number of benzene rings is 1. The van der Waals surface area contributed by atoms with Crippen LogP contribution in [0.3, 0.4) is 0 Å². The highest BCUT2D eigenvalue weighted by Crippen LogP contribution is 2.33. The molecule has 1 unspecified atom stereocenters. The topological polar surface area (TPSA) is 63.3 Å². The SMILES string of the molecule is Cc1cccc(C)c1CC(CN)(C(=O)O)C(C)C. The Hall–Kier alpha value is -1.35. The molecule has 0 heterocycles. The molecule has 1 aromatic carbocycles. The number of nitrogens with two attached hydrogens (primary N) is 1. The highest BCUT2D eigenvalue weighted by Gasteiger charge is 2.41. The van der Waals surface area contributed by atoms with Crippen LogP contribution in [0.5, 0.6) is 0 Å². The van der Waals surface area contributed by atoms with E-state index in [1.165, 1.54) is 0 Å². The highest BCUT2D eigenvalue weighted by atomic mass is 16.4. The maximum atomic E-state index is 11.6. The zero-order valence-corrected chi connectivity index (χ0v) is 11.7. The summed E-state index contributed by atoms with van der Waals surface area (Å²) < 4.78 is 0. The molecular formula is C15H23NO2. The lowest BCUT2D eigenvalue weighted by Gasteiger charge is -2.33. The summed E-state index contributed by atoms with van der Waals surface area (Å²) in [6.45, 7) is 8.05. The van der Waals surface area contributed by atoms with E-state index in [-0.39, 0.29) is 12.5 Å². The number of aliphatic carboxylic acids is 1. The molecule has 0 spiro atoms. The van der Waals surface area contributed by atoms with Crippen molar-refractivity contribution >= 4 is 5.97 Å². The average Bonchev–Trinajstić information content (AvgIpc) is 2.28. The third-order valence-electron chi connectivity index (χ3n) is 4.03. The quantitative estimate of drug-likeness (QED) is 0.843. The Bertz CT molecular complexity index is 420. The summed E-state index contributed by atoms with van der Waals surface area (Å²) in [4.78, 5) is 11.6. The predicted molar refractivity (Wildman–Crippen MR) is 73.6 cm³/mol. The Morgan fingerprint density at radius 3 is 2.17 bits per heavy atom. The smallest absolute Gasteiger partial charge is 0.311 e. The Morgan fingerprint density at radius 1 is 1.33 bits per heavy atom. The van der Waals surface area contributed by atoms with Gasteiger partial charge in [-0.25, -0.2) is 0 Å². The van der Waals surface area contributed by atoms with Gasteiger partial charge in [0.25, 0.3) is 0 Å². The third kappa shape index (κ3) is 2.56. The van der Waals surface area contributed by atoms with Crippen molar-refractivity contribution in [2.45, 2.75) is 34.1 Å². The number of hydrogen-bond acceptors (Lipinski definition) is 2. The van der Waals surface area contributed by atoms with E-state index in [2.05, 4.69) is 0 Å². The molecule has 100 valence electrons. The highest BCUT2D eigenvalue weighted by molar-refractivity contribution is 5.76. The normalized spacial score (nSPS) is 14.6. The molecule has 3 nitrogen and oxygen atoms in total. The fourth-order valence-electron chi connectivity index (χ4n) is 2.37. The molecule has 0 aliphatic rings. The summed E-state index contributed by atoms with van der Waals surface area (Å²) in [6.07, 6.45) is 0.495. The van der Waals surface area contributed by atoms with Crippen molar-refractivity contribution in [2.24, 2.45) is 17.1 Å². The molecule has 18 heavy (non-hydrogen) atoms. The maximum Gasteiger partial charge on any atom is 0.311 e. The van der Waals surface area contributed by atoms with Gasteiger partial charge in [-0.05, 0) is 42.9 Å². The molecule has 0 radical (unpaired) electrons. The molecule has 3 heteroatoms. The molecule has 0 amide bonds.